The maximum absolute atomic E-state index is 9.67. The van der Waals surface area contributed by atoms with Gasteiger partial charge in [0.2, 0.25) is 0 Å². The lowest BCUT2D eigenvalue weighted by atomic mass is 10.2. The van der Waals surface area contributed by atoms with Crippen molar-refractivity contribution in [2.75, 3.05) is 18.1 Å². The van der Waals surface area contributed by atoms with Crippen molar-refractivity contribution in [2.24, 2.45) is 0 Å². The first-order chi connectivity index (χ1) is 8.26. The number of nitrogens with zero attached hydrogens (tertiary/aromatic N) is 2. The van der Waals surface area contributed by atoms with E-state index in [0.717, 1.165) is 30.8 Å². The monoisotopic (exact) mass is 236 g/mol. The maximum atomic E-state index is 9.67. The Bertz CT molecular complexity index is 353. The molecular formula is C13H20N2O2. The van der Waals surface area contributed by atoms with Crippen molar-refractivity contribution in [1.29, 1.82) is 0 Å². The molecule has 94 valence electrons. The average molecular weight is 236 g/mol. The highest BCUT2D eigenvalue weighted by atomic mass is 16.3. The van der Waals surface area contributed by atoms with E-state index < -0.39 is 6.10 Å². The van der Waals surface area contributed by atoms with Crippen molar-refractivity contribution in [1.82, 2.24) is 4.98 Å². The summed E-state index contributed by atoms with van der Waals surface area (Å²) in [6.07, 6.45) is 4.15. The van der Waals surface area contributed by atoms with Crippen molar-refractivity contribution < 1.29 is 10.2 Å². The second kappa shape index (κ2) is 5.47. The SMILES string of the molecule is CCC(O)c1ccc(N2CCCC2CO)cn1. The molecule has 2 rings (SSSR count). The summed E-state index contributed by atoms with van der Waals surface area (Å²) in [6, 6.07) is 4.07. The van der Waals surface area contributed by atoms with E-state index in [1.807, 2.05) is 19.1 Å². The van der Waals surface area contributed by atoms with Crippen LogP contribution in [0.2, 0.25) is 0 Å². The largest absolute Gasteiger partial charge is 0.394 e. The lowest BCUT2D eigenvalue weighted by molar-refractivity contribution is 0.169. The second-order valence-electron chi connectivity index (χ2n) is 4.54. The molecule has 2 unspecified atom stereocenters. The normalized spacial score (nSPS) is 21.8. The molecule has 0 saturated carbocycles. The molecule has 0 spiro atoms. The zero-order valence-electron chi connectivity index (χ0n) is 10.2. The van der Waals surface area contributed by atoms with Gasteiger partial charge in [0.25, 0.3) is 0 Å². The van der Waals surface area contributed by atoms with Gasteiger partial charge in [0.15, 0.2) is 0 Å². The van der Waals surface area contributed by atoms with Crippen molar-refractivity contribution in [3.05, 3.63) is 24.0 Å². The van der Waals surface area contributed by atoms with Crippen LogP contribution < -0.4 is 4.90 Å². The second-order valence-corrected chi connectivity index (χ2v) is 4.54. The Labute approximate surface area is 102 Å². The zero-order valence-corrected chi connectivity index (χ0v) is 10.2. The van der Waals surface area contributed by atoms with Crippen molar-refractivity contribution in [2.45, 2.75) is 38.3 Å². The Morgan fingerprint density at radius 2 is 2.35 bits per heavy atom. The molecule has 1 aromatic rings. The Kier molecular flexibility index (Phi) is 3.97. The molecule has 2 heterocycles. The van der Waals surface area contributed by atoms with Gasteiger partial charge in [-0.25, -0.2) is 0 Å². The van der Waals surface area contributed by atoms with Gasteiger partial charge in [0.05, 0.1) is 36.3 Å². The Hall–Kier alpha value is -1.13. The van der Waals surface area contributed by atoms with Gasteiger partial charge in [0.1, 0.15) is 0 Å². The smallest absolute Gasteiger partial charge is 0.0957 e. The lowest BCUT2D eigenvalue weighted by Gasteiger charge is -2.25. The number of anilines is 1. The van der Waals surface area contributed by atoms with Crippen LogP contribution in [0.5, 0.6) is 0 Å². The third-order valence-electron chi connectivity index (χ3n) is 3.42. The van der Waals surface area contributed by atoms with Crippen LogP contribution in [0.25, 0.3) is 0 Å². The van der Waals surface area contributed by atoms with E-state index in [9.17, 15) is 10.2 Å². The zero-order chi connectivity index (χ0) is 12.3. The van der Waals surface area contributed by atoms with Gasteiger partial charge >= 0.3 is 0 Å². The summed E-state index contributed by atoms with van der Waals surface area (Å²) in [5, 5.41) is 18.9. The maximum Gasteiger partial charge on any atom is 0.0957 e. The molecule has 0 amide bonds. The molecule has 0 bridgehead atoms. The number of pyridine rings is 1. The van der Waals surface area contributed by atoms with Crippen LogP contribution in [-0.2, 0) is 0 Å². The minimum absolute atomic E-state index is 0.194. The number of aromatic nitrogens is 1. The van der Waals surface area contributed by atoms with Crippen LogP contribution in [0.3, 0.4) is 0 Å². The van der Waals surface area contributed by atoms with E-state index in [1.54, 1.807) is 6.20 Å². The molecule has 1 saturated heterocycles. The van der Waals surface area contributed by atoms with Crippen LogP contribution in [0.1, 0.15) is 38.0 Å². The molecule has 2 N–H and O–H groups in total. The summed E-state index contributed by atoms with van der Waals surface area (Å²) in [4.78, 5) is 6.48. The van der Waals surface area contributed by atoms with E-state index in [1.165, 1.54) is 0 Å². The molecule has 1 fully saturated rings. The minimum Gasteiger partial charge on any atom is -0.394 e. The molecule has 4 nitrogen and oxygen atoms in total. The molecule has 1 aromatic heterocycles. The first-order valence-electron chi connectivity index (χ1n) is 6.27. The van der Waals surface area contributed by atoms with Crippen molar-refractivity contribution in [3.63, 3.8) is 0 Å². The number of aliphatic hydroxyl groups excluding tert-OH is 2. The van der Waals surface area contributed by atoms with Gasteiger partial charge in [-0.3, -0.25) is 4.98 Å². The molecular weight excluding hydrogens is 216 g/mol. The van der Waals surface area contributed by atoms with Gasteiger partial charge in [-0.05, 0) is 31.4 Å². The number of rotatable bonds is 4. The lowest BCUT2D eigenvalue weighted by Crippen LogP contribution is -2.32. The third kappa shape index (κ3) is 2.58. The summed E-state index contributed by atoms with van der Waals surface area (Å²) in [5.41, 5.74) is 1.75. The minimum atomic E-state index is -0.476. The fraction of sp³-hybridized carbons (Fsp3) is 0.615. The first-order valence-corrected chi connectivity index (χ1v) is 6.27. The molecule has 1 aliphatic rings. The van der Waals surface area contributed by atoms with Crippen molar-refractivity contribution in [3.8, 4) is 0 Å². The van der Waals surface area contributed by atoms with E-state index in [2.05, 4.69) is 9.88 Å². The first kappa shape index (κ1) is 12.3. The summed E-state index contributed by atoms with van der Waals surface area (Å²) < 4.78 is 0. The fourth-order valence-corrected chi connectivity index (χ4v) is 2.34. The topological polar surface area (TPSA) is 56.6 Å². The number of aliphatic hydroxyl groups is 2. The van der Waals surface area contributed by atoms with Gasteiger partial charge in [-0.15, -0.1) is 0 Å². The molecule has 17 heavy (non-hydrogen) atoms. The van der Waals surface area contributed by atoms with Crippen LogP contribution in [0, 0.1) is 0 Å². The van der Waals surface area contributed by atoms with Gasteiger partial charge in [-0.1, -0.05) is 6.92 Å². The molecule has 2 atom stereocenters. The molecule has 1 aliphatic heterocycles. The summed E-state index contributed by atoms with van der Waals surface area (Å²) >= 11 is 0. The van der Waals surface area contributed by atoms with E-state index in [4.69, 9.17) is 0 Å². The van der Waals surface area contributed by atoms with Crippen molar-refractivity contribution >= 4 is 5.69 Å². The van der Waals surface area contributed by atoms with E-state index >= 15 is 0 Å². The van der Waals surface area contributed by atoms with E-state index in [-0.39, 0.29) is 12.6 Å². The molecule has 0 radical (unpaired) electrons. The highest BCUT2D eigenvalue weighted by Gasteiger charge is 2.24. The van der Waals surface area contributed by atoms with Gasteiger partial charge in [0, 0.05) is 6.54 Å². The molecule has 0 aliphatic carbocycles. The Morgan fingerprint density at radius 1 is 1.53 bits per heavy atom. The highest BCUT2D eigenvalue weighted by Crippen LogP contribution is 2.25. The number of hydrogen-bond donors (Lipinski definition) is 2. The van der Waals surface area contributed by atoms with Crippen LogP contribution in [0.4, 0.5) is 5.69 Å². The highest BCUT2D eigenvalue weighted by molar-refractivity contribution is 5.47. The Balaban J connectivity index is 2.12. The van der Waals surface area contributed by atoms with E-state index in [0.29, 0.717) is 6.42 Å². The summed E-state index contributed by atoms with van der Waals surface area (Å²) in [5.74, 6) is 0. The molecule has 0 aromatic carbocycles. The van der Waals surface area contributed by atoms with Gasteiger partial charge in [-0.2, -0.15) is 0 Å². The van der Waals surface area contributed by atoms with Crippen LogP contribution in [-0.4, -0.2) is 34.4 Å². The fourth-order valence-electron chi connectivity index (χ4n) is 2.34. The Morgan fingerprint density at radius 3 is 2.94 bits per heavy atom. The predicted octanol–water partition coefficient (Wildman–Crippen LogP) is 1.49. The molecule has 4 heteroatoms. The van der Waals surface area contributed by atoms with Crippen LogP contribution in [0.15, 0.2) is 18.3 Å². The quantitative estimate of drug-likeness (QED) is 0.831. The standard InChI is InChI=1S/C13H20N2O2/c1-2-13(17)12-6-5-10(8-14-12)15-7-3-4-11(15)9-16/h5-6,8,11,13,16-17H,2-4,7,9H2,1H3. The predicted molar refractivity (Wildman–Crippen MR) is 66.9 cm³/mol. The van der Waals surface area contributed by atoms with Gasteiger partial charge < -0.3 is 15.1 Å². The summed E-state index contributed by atoms with van der Waals surface area (Å²) in [6.45, 7) is 3.10. The third-order valence-corrected chi connectivity index (χ3v) is 3.42. The summed E-state index contributed by atoms with van der Waals surface area (Å²) in [7, 11) is 0. The number of hydrogen-bond acceptors (Lipinski definition) is 4. The average Bonchev–Trinajstić information content (AvgIpc) is 2.86. The van der Waals surface area contributed by atoms with Crippen LogP contribution >= 0.6 is 0 Å².